The van der Waals surface area contributed by atoms with Gasteiger partial charge >= 0.3 is 12.1 Å². The van der Waals surface area contributed by atoms with E-state index < -0.39 is 6.03 Å². The number of carbonyl (C=O) groups excluding carboxylic acids is 2. The highest BCUT2D eigenvalue weighted by atomic mass is 19.1. The quantitative estimate of drug-likeness (QED) is 0.648. The SMILES string of the molecule is C[C@H](NC(=O)NCCc1ccc(F)cc1)c1ccc(NC(N)=O)cc1. The highest BCUT2D eigenvalue weighted by Gasteiger charge is 2.09. The normalized spacial score (nSPS) is 11.4. The van der Waals surface area contributed by atoms with E-state index >= 15 is 0 Å². The first-order valence-electron chi connectivity index (χ1n) is 7.89. The maximum absolute atomic E-state index is 12.8. The summed E-state index contributed by atoms with van der Waals surface area (Å²) in [6.45, 7) is 2.31. The number of benzene rings is 2. The van der Waals surface area contributed by atoms with Crippen molar-refractivity contribution in [2.24, 2.45) is 5.73 Å². The minimum Gasteiger partial charge on any atom is -0.351 e. The molecule has 25 heavy (non-hydrogen) atoms. The van der Waals surface area contributed by atoms with E-state index in [-0.39, 0.29) is 17.9 Å². The van der Waals surface area contributed by atoms with Crippen molar-refractivity contribution in [2.75, 3.05) is 11.9 Å². The molecule has 0 unspecified atom stereocenters. The lowest BCUT2D eigenvalue weighted by Gasteiger charge is -2.15. The molecule has 6 nitrogen and oxygen atoms in total. The number of nitrogens with two attached hydrogens (primary N) is 1. The molecule has 0 fully saturated rings. The second-order valence-electron chi connectivity index (χ2n) is 5.61. The molecule has 0 aliphatic heterocycles. The van der Waals surface area contributed by atoms with Crippen molar-refractivity contribution in [2.45, 2.75) is 19.4 Å². The minimum atomic E-state index is -0.626. The molecule has 0 aliphatic carbocycles. The van der Waals surface area contributed by atoms with Gasteiger partial charge in [0.15, 0.2) is 0 Å². The van der Waals surface area contributed by atoms with Gasteiger partial charge in [-0.25, -0.2) is 14.0 Å². The van der Waals surface area contributed by atoms with Gasteiger partial charge in [-0.1, -0.05) is 24.3 Å². The fraction of sp³-hybridized carbons (Fsp3) is 0.222. The van der Waals surface area contributed by atoms with Gasteiger partial charge < -0.3 is 21.7 Å². The Morgan fingerprint density at radius 2 is 1.72 bits per heavy atom. The second kappa shape index (κ2) is 8.68. The molecule has 0 saturated carbocycles. The molecular weight excluding hydrogens is 323 g/mol. The standard InChI is InChI=1S/C18H21FN4O2/c1-12(14-4-8-16(9-5-14)23-17(20)24)22-18(25)21-11-10-13-2-6-15(19)7-3-13/h2-9,12H,10-11H2,1H3,(H3,20,23,24)(H2,21,22,25)/t12-/m0/s1. The molecule has 5 N–H and O–H groups in total. The highest BCUT2D eigenvalue weighted by Crippen LogP contribution is 2.15. The average molecular weight is 344 g/mol. The van der Waals surface area contributed by atoms with Crippen molar-refractivity contribution in [3.63, 3.8) is 0 Å². The molecule has 4 amide bonds. The number of anilines is 1. The number of halogens is 1. The topological polar surface area (TPSA) is 96.2 Å². The molecule has 7 heteroatoms. The van der Waals surface area contributed by atoms with Crippen molar-refractivity contribution in [1.29, 1.82) is 0 Å². The minimum absolute atomic E-state index is 0.201. The molecule has 1 atom stereocenters. The molecule has 132 valence electrons. The lowest BCUT2D eigenvalue weighted by atomic mass is 10.1. The molecule has 0 spiro atoms. The van der Waals surface area contributed by atoms with Crippen molar-refractivity contribution >= 4 is 17.7 Å². The number of hydrogen-bond acceptors (Lipinski definition) is 2. The number of hydrogen-bond donors (Lipinski definition) is 4. The monoisotopic (exact) mass is 344 g/mol. The van der Waals surface area contributed by atoms with E-state index in [0.717, 1.165) is 11.1 Å². The third-order valence-electron chi connectivity index (χ3n) is 3.64. The Balaban J connectivity index is 1.77. The predicted octanol–water partition coefficient (Wildman–Crippen LogP) is 2.92. The fourth-order valence-electron chi connectivity index (χ4n) is 2.30. The Labute approximate surface area is 145 Å². The fourth-order valence-corrected chi connectivity index (χ4v) is 2.30. The molecular formula is C18H21FN4O2. The first kappa shape index (κ1) is 18.3. The number of urea groups is 2. The lowest BCUT2D eigenvalue weighted by Crippen LogP contribution is -2.38. The zero-order valence-electron chi connectivity index (χ0n) is 13.9. The summed E-state index contributed by atoms with van der Waals surface area (Å²) in [5.74, 6) is -0.277. The molecule has 0 heterocycles. The van der Waals surface area contributed by atoms with Crippen LogP contribution in [-0.2, 0) is 6.42 Å². The maximum atomic E-state index is 12.8. The predicted molar refractivity (Wildman–Crippen MR) is 94.7 cm³/mol. The second-order valence-corrected chi connectivity index (χ2v) is 5.61. The van der Waals surface area contributed by atoms with E-state index in [9.17, 15) is 14.0 Å². The van der Waals surface area contributed by atoms with Crippen LogP contribution < -0.4 is 21.7 Å². The van der Waals surface area contributed by atoms with Crippen LogP contribution in [-0.4, -0.2) is 18.6 Å². The molecule has 2 aromatic carbocycles. The summed E-state index contributed by atoms with van der Waals surface area (Å²) in [6, 6.07) is 12.1. The van der Waals surface area contributed by atoms with Crippen molar-refractivity contribution in [3.05, 3.63) is 65.5 Å². The van der Waals surface area contributed by atoms with E-state index in [2.05, 4.69) is 16.0 Å². The van der Waals surface area contributed by atoms with E-state index in [1.807, 2.05) is 6.92 Å². The van der Waals surface area contributed by atoms with Gasteiger partial charge in [0.05, 0.1) is 6.04 Å². The molecule has 0 saturated heterocycles. The van der Waals surface area contributed by atoms with Crippen LogP contribution in [0.5, 0.6) is 0 Å². The lowest BCUT2D eigenvalue weighted by molar-refractivity contribution is 0.238. The number of primary amides is 1. The Kier molecular flexibility index (Phi) is 6.33. The van der Waals surface area contributed by atoms with Crippen LogP contribution >= 0.6 is 0 Å². The maximum Gasteiger partial charge on any atom is 0.316 e. The van der Waals surface area contributed by atoms with E-state index in [1.165, 1.54) is 12.1 Å². The van der Waals surface area contributed by atoms with Crippen molar-refractivity contribution in [1.82, 2.24) is 10.6 Å². The van der Waals surface area contributed by atoms with Gasteiger partial charge in [-0.05, 0) is 48.7 Å². The highest BCUT2D eigenvalue weighted by molar-refractivity contribution is 5.87. The van der Waals surface area contributed by atoms with Crippen LogP contribution in [0.25, 0.3) is 0 Å². The van der Waals surface area contributed by atoms with Crippen LogP contribution in [0.15, 0.2) is 48.5 Å². The molecule has 2 rings (SSSR count). The van der Waals surface area contributed by atoms with Crippen molar-refractivity contribution < 1.29 is 14.0 Å². The van der Waals surface area contributed by atoms with Crippen LogP contribution in [0.2, 0.25) is 0 Å². The van der Waals surface area contributed by atoms with Gasteiger partial charge in [-0.2, -0.15) is 0 Å². The first-order chi connectivity index (χ1) is 11.9. The van der Waals surface area contributed by atoms with Gasteiger partial charge in [-0.3, -0.25) is 0 Å². The summed E-state index contributed by atoms with van der Waals surface area (Å²) in [5.41, 5.74) is 7.48. The van der Waals surface area contributed by atoms with Crippen molar-refractivity contribution in [3.8, 4) is 0 Å². The number of carbonyl (C=O) groups is 2. The summed E-state index contributed by atoms with van der Waals surface area (Å²) in [7, 11) is 0. The molecule has 0 aliphatic rings. The molecule has 0 bridgehead atoms. The third kappa shape index (κ3) is 6.14. The third-order valence-corrected chi connectivity index (χ3v) is 3.64. The summed E-state index contributed by atoms with van der Waals surface area (Å²) < 4.78 is 12.8. The van der Waals surface area contributed by atoms with Gasteiger partial charge in [0.2, 0.25) is 0 Å². The number of nitrogens with one attached hydrogen (secondary N) is 3. The smallest absolute Gasteiger partial charge is 0.316 e. The van der Waals surface area contributed by atoms with Crippen LogP contribution in [0, 0.1) is 5.82 Å². The largest absolute Gasteiger partial charge is 0.351 e. The number of rotatable bonds is 6. The van der Waals surface area contributed by atoms with Crippen LogP contribution in [0.4, 0.5) is 19.7 Å². The average Bonchev–Trinajstić information content (AvgIpc) is 2.56. The van der Waals surface area contributed by atoms with Gasteiger partial charge in [-0.15, -0.1) is 0 Å². The Morgan fingerprint density at radius 3 is 2.32 bits per heavy atom. The molecule has 2 aromatic rings. The first-order valence-corrected chi connectivity index (χ1v) is 7.89. The zero-order chi connectivity index (χ0) is 18.2. The van der Waals surface area contributed by atoms with E-state index in [0.29, 0.717) is 18.7 Å². The Morgan fingerprint density at radius 1 is 1.08 bits per heavy atom. The summed E-state index contributed by atoms with van der Waals surface area (Å²) >= 11 is 0. The van der Waals surface area contributed by atoms with Gasteiger partial charge in [0, 0.05) is 12.2 Å². The zero-order valence-corrected chi connectivity index (χ0v) is 13.9. The summed E-state index contributed by atoms with van der Waals surface area (Å²) in [4.78, 5) is 22.7. The van der Waals surface area contributed by atoms with Gasteiger partial charge in [0.1, 0.15) is 5.82 Å². The van der Waals surface area contributed by atoms with Crippen LogP contribution in [0.3, 0.4) is 0 Å². The van der Waals surface area contributed by atoms with E-state index in [1.54, 1.807) is 36.4 Å². The Hall–Kier alpha value is -3.09. The van der Waals surface area contributed by atoms with Crippen LogP contribution in [0.1, 0.15) is 24.1 Å². The summed E-state index contributed by atoms with van der Waals surface area (Å²) in [6.07, 6.45) is 0.621. The molecule has 0 radical (unpaired) electrons. The van der Waals surface area contributed by atoms with Gasteiger partial charge in [0.25, 0.3) is 0 Å². The summed E-state index contributed by atoms with van der Waals surface area (Å²) in [5, 5.41) is 8.07. The molecule has 0 aromatic heterocycles. The Bertz CT molecular complexity index is 717. The van der Waals surface area contributed by atoms with E-state index in [4.69, 9.17) is 5.73 Å². The number of amides is 4.